The predicted molar refractivity (Wildman–Crippen MR) is 141 cm³/mol. The Labute approximate surface area is 223 Å². The van der Waals surface area contributed by atoms with Gasteiger partial charge in [0.2, 0.25) is 5.91 Å². The van der Waals surface area contributed by atoms with Crippen LogP contribution < -0.4 is 26.8 Å². The zero-order chi connectivity index (χ0) is 27.8. The van der Waals surface area contributed by atoms with Crippen LogP contribution in [0.2, 0.25) is 5.02 Å². The Morgan fingerprint density at radius 2 is 1.97 bits per heavy atom. The van der Waals surface area contributed by atoms with Gasteiger partial charge in [-0.05, 0) is 60.9 Å². The van der Waals surface area contributed by atoms with Gasteiger partial charge in [-0.15, -0.1) is 0 Å². The van der Waals surface area contributed by atoms with E-state index >= 15 is 0 Å². The summed E-state index contributed by atoms with van der Waals surface area (Å²) in [5, 5.41) is 12.2. The molecule has 0 radical (unpaired) electrons. The summed E-state index contributed by atoms with van der Waals surface area (Å²) in [4.78, 5) is 37.4. The normalized spacial score (nSPS) is 11.3. The van der Waals surface area contributed by atoms with Crippen LogP contribution in [0.25, 0.3) is 0 Å². The first-order valence-corrected chi connectivity index (χ1v) is 12.1. The van der Waals surface area contributed by atoms with Gasteiger partial charge in [-0.25, -0.2) is 9.07 Å². The summed E-state index contributed by atoms with van der Waals surface area (Å²) in [6.45, 7) is 3.70. The number of carbonyl (C=O) groups is 2. The molecule has 4 N–H and O–H groups in total. The van der Waals surface area contributed by atoms with Crippen molar-refractivity contribution in [2.45, 2.75) is 45.9 Å². The van der Waals surface area contributed by atoms with E-state index in [9.17, 15) is 18.8 Å². The highest BCUT2D eigenvalue weighted by Gasteiger charge is 2.18. The van der Waals surface area contributed by atoms with Crippen molar-refractivity contribution in [3.8, 4) is 11.8 Å². The van der Waals surface area contributed by atoms with Gasteiger partial charge >= 0.3 is 0 Å². The number of nitrogens with two attached hydrogens (primary N) is 1. The number of pyridine rings is 1. The summed E-state index contributed by atoms with van der Waals surface area (Å²) in [7, 11) is 0. The van der Waals surface area contributed by atoms with Gasteiger partial charge in [0.1, 0.15) is 17.6 Å². The van der Waals surface area contributed by atoms with Crippen molar-refractivity contribution < 1.29 is 18.7 Å². The third-order valence-electron chi connectivity index (χ3n) is 5.82. The minimum absolute atomic E-state index is 0.0496. The number of carbonyl (C=O) groups excluding carboxylic acids is 2. The van der Waals surface area contributed by atoms with E-state index < -0.39 is 29.3 Å². The van der Waals surface area contributed by atoms with E-state index in [1.54, 1.807) is 44.2 Å². The van der Waals surface area contributed by atoms with E-state index in [0.717, 1.165) is 0 Å². The fourth-order valence-corrected chi connectivity index (χ4v) is 3.86. The number of ether oxygens (including phenoxy) is 1. The molecule has 38 heavy (non-hydrogen) atoms. The highest BCUT2D eigenvalue weighted by molar-refractivity contribution is 6.30. The number of nitriles is 1. The summed E-state index contributed by atoms with van der Waals surface area (Å²) in [6, 6.07) is 12.4. The SMILES string of the molecule is CCC(Oc1ccc(Cl)cc1CNC(=O)Cc1c(C)ccn(NCc2ccc(F)c(C#N)c2)c1=O)C(N)=O. The molecule has 3 aromatic rings. The largest absolute Gasteiger partial charge is 0.480 e. The number of amides is 2. The number of aromatic nitrogens is 1. The van der Waals surface area contributed by atoms with Gasteiger partial charge in [0.15, 0.2) is 6.10 Å². The van der Waals surface area contributed by atoms with E-state index in [1.165, 1.54) is 29.1 Å². The highest BCUT2D eigenvalue weighted by Crippen LogP contribution is 2.24. The molecule has 0 aliphatic carbocycles. The molecule has 198 valence electrons. The molecule has 0 spiro atoms. The maximum absolute atomic E-state index is 13.6. The number of aryl methyl sites for hydroxylation is 1. The number of benzene rings is 2. The zero-order valence-electron chi connectivity index (χ0n) is 20.9. The summed E-state index contributed by atoms with van der Waals surface area (Å²) in [5.74, 6) is -1.27. The molecule has 0 saturated carbocycles. The second kappa shape index (κ2) is 12.7. The third kappa shape index (κ3) is 7.11. The fraction of sp³-hybridized carbons (Fsp3) is 0.259. The third-order valence-corrected chi connectivity index (χ3v) is 6.06. The monoisotopic (exact) mass is 539 g/mol. The van der Waals surface area contributed by atoms with Crippen LogP contribution >= 0.6 is 11.6 Å². The van der Waals surface area contributed by atoms with Crippen LogP contribution in [0.1, 0.15) is 41.2 Å². The molecular weight excluding hydrogens is 513 g/mol. The molecule has 1 aromatic heterocycles. The molecule has 0 fully saturated rings. The molecular formula is C27H27ClFN5O4. The number of hydrogen-bond acceptors (Lipinski definition) is 6. The number of primary amides is 1. The van der Waals surface area contributed by atoms with Gasteiger partial charge in [0.05, 0.1) is 18.5 Å². The van der Waals surface area contributed by atoms with Crippen LogP contribution in [-0.4, -0.2) is 22.6 Å². The lowest BCUT2D eigenvalue weighted by atomic mass is 10.1. The topological polar surface area (TPSA) is 139 Å². The predicted octanol–water partition coefficient (Wildman–Crippen LogP) is 3.07. The molecule has 9 nitrogen and oxygen atoms in total. The van der Waals surface area contributed by atoms with Crippen molar-refractivity contribution in [1.29, 1.82) is 5.26 Å². The summed E-state index contributed by atoms with van der Waals surface area (Å²) in [5.41, 5.74) is 9.86. The van der Waals surface area contributed by atoms with E-state index in [4.69, 9.17) is 27.3 Å². The van der Waals surface area contributed by atoms with Crippen LogP contribution in [0.3, 0.4) is 0 Å². The van der Waals surface area contributed by atoms with Gasteiger partial charge in [-0.2, -0.15) is 5.26 Å². The lowest BCUT2D eigenvalue weighted by Gasteiger charge is -2.18. The Bertz CT molecular complexity index is 1450. The molecule has 1 atom stereocenters. The van der Waals surface area contributed by atoms with Gasteiger partial charge in [-0.1, -0.05) is 24.6 Å². The van der Waals surface area contributed by atoms with Gasteiger partial charge in [0.25, 0.3) is 11.5 Å². The first-order valence-electron chi connectivity index (χ1n) is 11.8. The number of hydrogen-bond donors (Lipinski definition) is 3. The maximum atomic E-state index is 13.6. The second-order valence-corrected chi connectivity index (χ2v) is 8.97. The summed E-state index contributed by atoms with van der Waals surface area (Å²) >= 11 is 6.11. The van der Waals surface area contributed by atoms with Gasteiger partial charge in [0, 0.05) is 28.9 Å². The Morgan fingerprint density at radius 1 is 1.21 bits per heavy atom. The summed E-state index contributed by atoms with van der Waals surface area (Å²) < 4.78 is 20.5. The first-order chi connectivity index (χ1) is 18.1. The van der Waals surface area contributed by atoms with E-state index in [-0.39, 0.29) is 30.6 Å². The lowest BCUT2D eigenvalue weighted by molar-refractivity contribution is -0.125. The van der Waals surface area contributed by atoms with Crippen molar-refractivity contribution in [1.82, 2.24) is 9.99 Å². The minimum Gasteiger partial charge on any atom is -0.480 e. The standard InChI is InChI=1S/C27H27ClFN5O4/c1-3-23(26(31)36)38-24-7-5-20(28)11-19(24)15-32-25(35)12-21-16(2)8-9-34(27(21)37)33-14-17-4-6-22(29)18(10-17)13-30/h4-11,23,33H,3,12,14-15H2,1-2H3,(H2,31,36)(H,32,35). The number of nitrogens with zero attached hydrogens (tertiary/aromatic N) is 2. The van der Waals surface area contributed by atoms with Crippen LogP contribution in [-0.2, 0) is 29.1 Å². The van der Waals surface area contributed by atoms with Crippen molar-refractivity contribution in [2.24, 2.45) is 5.73 Å². The van der Waals surface area contributed by atoms with Crippen LogP contribution in [0, 0.1) is 24.1 Å². The smallest absolute Gasteiger partial charge is 0.272 e. The molecule has 0 bridgehead atoms. The minimum atomic E-state index is -0.829. The van der Waals surface area contributed by atoms with Gasteiger partial charge < -0.3 is 21.2 Å². The van der Waals surface area contributed by atoms with Crippen LogP contribution in [0.15, 0.2) is 53.5 Å². The second-order valence-electron chi connectivity index (χ2n) is 8.54. The Hall–Kier alpha value is -4.36. The zero-order valence-corrected chi connectivity index (χ0v) is 21.6. The molecule has 3 rings (SSSR count). The van der Waals surface area contributed by atoms with E-state index in [1.807, 2.05) is 0 Å². The molecule has 2 aromatic carbocycles. The van der Waals surface area contributed by atoms with Crippen LogP contribution in [0.5, 0.6) is 5.75 Å². The van der Waals surface area contributed by atoms with Gasteiger partial charge in [-0.3, -0.25) is 14.4 Å². The maximum Gasteiger partial charge on any atom is 0.272 e. The molecule has 0 saturated heterocycles. The van der Waals surface area contributed by atoms with E-state index in [2.05, 4.69) is 10.7 Å². The number of nitrogens with one attached hydrogen (secondary N) is 2. The number of rotatable bonds is 11. The highest BCUT2D eigenvalue weighted by atomic mass is 35.5. The average molecular weight is 540 g/mol. The Morgan fingerprint density at radius 3 is 2.66 bits per heavy atom. The molecule has 0 aliphatic heterocycles. The first kappa shape index (κ1) is 28.2. The quantitative estimate of drug-likeness (QED) is 0.342. The van der Waals surface area contributed by atoms with Crippen molar-refractivity contribution in [3.05, 3.63) is 97.7 Å². The summed E-state index contributed by atoms with van der Waals surface area (Å²) in [6.07, 6.45) is 0.896. The molecule has 1 heterocycles. The number of halogens is 2. The van der Waals surface area contributed by atoms with Crippen molar-refractivity contribution >= 4 is 23.4 Å². The Kier molecular flexibility index (Phi) is 9.46. The fourth-order valence-electron chi connectivity index (χ4n) is 3.67. The molecule has 0 aliphatic rings. The van der Waals surface area contributed by atoms with Crippen molar-refractivity contribution in [2.75, 3.05) is 5.43 Å². The van der Waals surface area contributed by atoms with Crippen LogP contribution in [0.4, 0.5) is 4.39 Å². The van der Waals surface area contributed by atoms with E-state index in [0.29, 0.717) is 33.9 Å². The van der Waals surface area contributed by atoms with Crippen molar-refractivity contribution in [3.63, 3.8) is 0 Å². The average Bonchev–Trinajstić information content (AvgIpc) is 2.89. The molecule has 11 heteroatoms. The Balaban J connectivity index is 1.70. The molecule has 2 amide bonds. The lowest BCUT2D eigenvalue weighted by Crippen LogP contribution is -2.35. The molecule has 1 unspecified atom stereocenters.